The molecular formula is C21H25NO4. The fraction of sp³-hybridized carbons (Fsp3) is 0.333. The zero-order valence-corrected chi connectivity index (χ0v) is 15.2. The van der Waals surface area contributed by atoms with E-state index in [9.17, 15) is 9.59 Å². The summed E-state index contributed by atoms with van der Waals surface area (Å²) in [6.45, 7) is 4.10. The first-order valence-electron chi connectivity index (χ1n) is 8.81. The second kappa shape index (κ2) is 10.2. The topological polar surface area (TPSA) is 64.6 Å². The Labute approximate surface area is 154 Å². The summed E-state index contributed by atoms with van der Waals surface area (Å²) in [6.07, 6.45) is 1.71. The first kappa shape index (κ1) is 19.5. The number of nitrogens with one attached hydrogen (secondary N) is 1. The van der Waals surface area contributed by atoms with Crippen LogP contribution < -0.4 is 10.1 Å². The molecule has 138 valence electrons. The van der Waals surface area contributed by atoms with Crippen molar-refractivity contribution in [2.45, 2.75) is 32.7 Å². The molecule has 0 aliphatic rings. The summed E-state index contributed by atoms with van der Waals surface area (Å²) in [5.74, 6) is -0.140. The third-order valence-electron chi connectivity index (χ3n) is 3.85. The van der Waals surface area contributed by atoms with Gasteiger partial charge in [0, 0.05) is 6.04 Å². The predicted octanol–water partition coefficient (Wildman–Crippen LogP) is 3.38. The van der Waals surface area contributed by atoms with Crippen LogP contribution >= 0.6 is 0 Å². The number of carbonyl (C=O) groups excluding carboxylic acids is 2. The SMILES string of the molecule is CCOc1ccc(C(=O)OCC(=O)N[C@H](C)CCc2ccccc2)cc1. The van der Waals surface area contributed by atoms with Gasteiger partial charge in [-0.3, -0.25) is 4.79 Å². The molecule has 5 heteroatoms. The van der Waals surface area contributed by atoms with Crippen molar-refractivity contribution in [3.8, 4) is 5.75 Å². The average Bonchev–Trinajstić information content (AvgIpc) is 2.66. The van der Waals surface area contributed by atoms with E-state index in [1.165, 1.54) is 5.56 Å². The largest absolute Gasteiger partial charge is 0.494 e. The molecule has 5 nitrogen and oxygen atoms in total. The lowest BCUT2D eigenvalue weighted by Crippen LogP contribution is -2.36. The molecule has 0 unspecified atom stereocenters. The summed E-state index contributed by atoms with van der Waals surface area (Å²) in [4.78, 5) is 23.9. The lowest BCUT2D eigenvalue weighted by Gasteiger charge is -2.14. The maximum absolute atomic E-state index is 12.0. The molecule has 0 aliphatic heterocycles. The highest BCUT2D eigenvalue weighted by Gasteiger charge is 2.12. The second-order valence-electron chi connectivity index (χ2n) is 6.03. The number of amides is 1. The van der Waals surface area contributed by atoms with Crippen molar-refractivity contribution in [1.29, 1.82) is 0 Å². The number of rotatable bonds is 9. The quantitative estimate of drug-likeness (QED) is 0.701. The monoisotopic (exact) mass is 355 g/mol. The Morgan fingerprint density at radius 3 is 2.38 bits per heavy atom. The predicted molar refractivity (Wildman–Crippen MR) is 100 cm³/mol. The van der Waals surface area contributed by atoms with Crippen molar-refractivity contribution in [3.05, 3.63) is 65.7 Å². The van der Waals surface area contributed by atoms with Crippen molar-refractivity contribution >= 4 is 11.9 Å². The van der Waals surface area contributed by atoms with Gasteiger partial charge in [-0.2, -0.15) is 0 Å². The number of aryl methyl sites for hydroxylation is 1. The Bertz CT molecular complexity index is 698. The Kier molecular flexibility index (Phi) is 7.68. The number of carbonyl (C=O) groups is 2. The second-order valence-corrected chi connectivity index (χ2v) is 6.03. The van der Waals surface area contributed by atoms with Gasteiger partial charge < -0.3 is 14.8 Å². The van der Waals surface area contributed by atoms with E-state index in [1.807, 2.05) is 32.0 Å². The van der Waals surface area contributed by atoms with E-state index in [0.717, 1.165) is 12.8 Å². The molecule has 0 heterocycles. The molecular weight excluding hydrogens is 330 g/mol. The minimum Gasteiger partial charge on any atom is -0.494 e. The highest BCUT2D eigenvalue weighted by molar-refractivity contribution is 5.91. The van der Waals surface area contributed by atoms with Gasteiger partial charge in [0.15, 0.2) is 6.61 Å². The van der Waals surface area contributed by atoms with E-state index in [0.29, 0.717) is 17.9 Å². The van der Waals surface area contributed by atoms with Gasteiger partial charge >= 0.3 is 5.97 Å². The van der Waals surface area contributed by atoms with Gasteiger partial charge in [0.05, 0.1) is 12.2 Å². The van der Waals surface area contributed by atoms with Crippen LogP contribution in [0.25, 0.3) is 0 Å². The van der Waals surface area contributed by atoms with E-state index in [2.05, 4.69) is 17.4 Å². The number of benzene rings is 2. The molecule has 0 saturated heterocycles. The minimum atomic E-state index is -0.528. The van der Waals surface area contributed by atoms with E-state index in [4.69, 9.17) is 9.47 Å². The zero-order chi connectivity index (χ0) is 18.8. The molecule has 26 heavy (non-hydrogen) atoms. The lowest BCUT2D eigenvalue weighted by molar-refractivity contribution is -0.124. The highest BCUT2D eigenvalue weighted by Crippen LogP contribution is 2.12. The van der Waals surface area contributed by atoms with Gasteiger partial charge in [0.1, 0.15) is 5.75 Å². The minimum absolute atomic E-state index is 0.00637. The van der Waals surface area contributed by atoms with Crippen molar-refractivity contribution in [2.24, 2.45) is 0 Å². The van der Waals surface area contributed by atoms with Gasteiger partial charge in [0.25, 0.3) is 5.91 Å². The van der Waals surface area contributed by atoms with Crippen LogP contribution in [0.5, 0.6) is 5.75 Å². The molecule has 1 N–H and O–H groups in total. The van der Waals surface area contributed by atoms with E-state index < -0.39 is 5.97 Å². The molecule has 2 rings (SSSR count). The van der Waals surface area contributed by atoms with Crippen LogP contribution in [0.2, 0.25) is 0 Å². The molecule has 2 aromatic carbocycles. The van der Waals surface area contributed by atoms with Gasteiger partial charge in [-0.05, 0) is 56.5 Å². The van der Waals surface area contributed by atoms with Gasteiger partial charge in [-0.15, -0.1) is 0 Å². The van der Waals surface area contributed by atoms with Crippen LogP contribution in [0.3, 0.4) is 0 Å². The third kappa shape index (κ3) is 6.59. The normalized spacial score (nSPS) is 11.5. The summed E-state index contributed by atoms with van der Waals surface area (Å²) in [7, 11) is 0. The summed E-state index contributed by atoms with van der Waals surface area (Å²) < 4.78 is 10.4. The number of hydrogen-bond acceptors (Lipinski definition) is 4. The Morgan fingerprint density at radius 2 is 1.73 bits per heavy atom. The summed E-state index contributed by atoms with van der Waals surface area (Å²) in [5.41, 5.74) is 1.62. The molecule has 2 aromatic rings. The summed E-state index contributed by atoms with van der Waals surface area (Å²) in [5, 5.41) is 2.85. The van der Waals surface area contributed by atoms with Crippen molar-refractivity contribution in [3.63, 3.8) is 0 Å². The fourth-order valence-corrected chi connectivity index (χ4v) is 2.48. The number of hydrogen-bond donors (Lipinski definition) is 1. The van der Waals surface area contributed by atoms with Crippen LogP contribution in [0.1, 0.15) is 36.2 Å². The maximum atomic E-state index is 12.0. The van der Waals surface area contributed by atoms with Gasteiger partial charge in [0.2, 0.25) is 0 Å². The average molecular weight is 355 g/mol. The number of esters is 1. The van der Waals surface area contributed by atoms with Crippen molar-refractivity contribution < 1.29 is 19.1 Å². The maximum Gasteiger partial charge on any atom is 0.338 e. The first-order valence-corrected chi connectivity index (χ1v) is 8.81. The van der Waals surface area contributed by atoms with Crippen LogP contribution in [-0.2, 0) is 16.0 Å². The molecule has 0 bridgehead atoms. The third-order valence-corrected chi connectivity index (χ3v) is 3.85. The number of ether oxygens (including phenoxy) is 2. The fourth-order valence-electron chi connectivity index (χ4n) is 2.48. The van der Waals surface area contributed by atoms with E-state index in [-0.39, 0.29) is 18.6 Å². The molecule has 1 amide bonds. The van der Waals surface area contributed by atoms with Crippen LogP contribution in [0.4, 0.5) is 0 Å². The van der Waals surface area contributed by atoms with Crippen molar-refractivity contribution in [2.75, 3.05) is 13.2 Å². The van der Waals surface area contributed by atoms with Gasteiger partial charge in [-0.1, -0.05) is 30.3 Å². The molecule has 0 fully saturated rings. The molecule has 0 saturated carbocycles. The van der Waals surface area contributed by atoms with E-state index >= 15 is 0 Å². The first-order chi connectivity index (χ1) is 12.6. The Balaban J connectivity index is 1.70. The van der Waals surface area contributed by atoms with Crippen LogP contribution in [-0.4, -0.2) is 31.1 Å². The summed E-state index contributed by atoms with van der Waals surface area (Å²) in [6, 6.07) is 16.7. The smallest absolute Gasteiger partial charge is 0.338 e. The summed E-state index contributed by atoms with van der Waals surface area (Å²) >= 11 is 0. The van der Waals surface area contributed by atoms with Crippen LogP contribution in [0, 0.1) is 0 Å². The van der Waals surface area contributed by atoms with Gasteiger partial charge in [-0.25, -0.2) is 4.79 Å². The lowest BCUT2D eigenvalue weighted by atomic mass is 10.1. The zero-order valence-electron chi connectivity index (χ0n) is 15.2. The molecule has 0 radical (unpaired) electrons. The van der Waals surface area contributed by atoms with Crippen molar-refractivity contribution in [1.82, 2.24) is 5.32 Å². The molecule has 0 aliphatic carbocycles. The molecule has 0 spiro atoms. The Hall–Kier alpha value is -2.82. The molecule has 0 aromatic heterocycles. The standard InChI is InChI=1S/C21H25NO4/c1-3-25-19-13-11-18(12-14-19)21(24)26-15-20(23)22-16(2)9-10-17-7-5-4-6-8-17/h4-8,11-14,16H,3,9-10,15H2,1-2H3,(H,22,23)/t16-/m1/s1. The Morgan fingerprint density at radius 1 is 1.04 bits per heavy atom. The van der Waals surface area contributed by atoms with E-state index in [1.54, 1.807) is 24.3 Å². The van der Waals surface area contributed by atoms with Crippen LogP contribution in [0.15, 0.2) is 54.6 Å². The molecule has 1 atom stereocenters. The highest BCUT2D eigenvalue weighted by atomic mass is 16.5.